The van der Waals surface area contributed by atoms with Crippen LogP contribution in [0.3, 0.4) is 0 Å². The fourth-order valence-electron chi connectivity index (χ4n) is 2.79. The Kier molecular flexibility index (Phi) is 1.55. The highest BCUT2D eigenvalue weighted by molar-refractivity contribution is 4.95. The van der Waals surface area contributed by atoms with E-state index in [4.69, 9.17) is 0 Å². The van der Waals surface area contributed by atoms with Gasteiger partial charge >= 0.3 is 5.66 Å². The molecule has 0 aromatic heterocycles. The van der Waals surface area contributed by atoms with Crippen LogP contribution in [0.2, 0.25) is 0 Å². The number of rotatable bonds is 2. The molecule has 2 aliphatic carbocycles. The standard InChI is InChI=1S/C7H10N2O4/c10-8(11)7(9(12)13)4-5-1-2-6(7)3-5/h5-6H,1-4H2/t5-,6+/m1/s1. The molecular weight excluding hydrogens is 176 g/mol. The third kappa shape index (κ3) is 0.882. The molecule has 0 spiro atoms. The van der Waals surface area contributed by atoms with Crippen LogP contribution >= 0.6 is 0 Å². The van der Waals surface area contributed by atoms with E-state index in [1.807, 2.05) is 0 Å². The van der Waals surface area contributed by atoms with Gasteiger partial charge in [-0.05, 0) is 25.2 Å². The van der Waals surface area contributed by atoms with Gasteiger partial charge in [0.25, 0.3) is 0 Å². The molecule has 0 aromatic rings. The predicted molar refractivity (Wildman–Crippen MR) is 42.2 cm³/mol. The van der Waals surface area contributed by atoms with Crippen LogP contribution in [0, 0.1) is 32.1 Å². The first-order valence-corrected chi connectivity index (χ1v) is 4.36. The Bertz CT molecular complexity index is 264. The van der Waals surface area contributed by atoms with E-state index >= 15 is 0 Å². The minimum atomic E-state index is -1.84. The van der Waals surface area contributed by atoms with Gasteiger partial charge in [-0.1, -0.05) is 0 Å². The molecule has 2 aliphatic rings. The maximum absolute atomic E-state index is 10.7. The second kappa shape index (κ2) is 2.40. The zero-order valence-corrected chi connectivity index (χ0v) is 7.01. The quantitative estimate of drug-likeness (QED) is 0.366. The summed E-state index contributed by atoms with van der Waals surface area (Å²) >= 11 is 0. The lowest BCUT2D eigenvalue weighted by Crippen LogP contribution is -2.50. The lowest BCUT2D eigenvalue weighted by molar-refractivity contribution is -0.805. The largest absolute Gasteiger partial charge is 0.461 e. The minimum absolute atomic E-state index is 0.137. The molecule has 0 aliphatic heterocycles. The van der Waals surface area contributed by atoms with E-state index in [2.05, 4.69) is 0 Å². The molecule has 0 heterocycles. The van der Waals surface area contributed by atoms with Gasteiger partial charge in [0.2, 0.25) is 0 Å². The summed E-state index contributed by atoms with van der Waals surface area (Å²) in [6, 6.07) is 0. The average Bonchev–Trinajstić information content (AvgIpc) is 2.61. The average molecular weight is 186 g/mol. The summed E-state index contributed by atoms with van der Waals surface area (Å²) < 4.78 is 0. The third-order valence-electron chi connectivity index (χ3n) is 3.42. The van der Waals surface area contributed by atoms with Gasteiger partial charge in [0.15, 0.2) is 0 Å². The van der Waals surface area contributed by atoms with Crippen molar-refractivity contribution in [3.05, 3.63) is 20.2 Å². The normalized spacial score (nSPS) is 34.8. The van der Waals surface area contributed by atoms with Crippen LogP contribution in [0.1, 0.15) is 25.7 Å². The van der Waals surface area contributed by atoms with Crippen LogP contribution in [0.25, 0.3) is 0 Å². The van der Waals surface area contributed by atoms with Gasteiger partial charge in [0.1, 0.15) is 5.92 Å². The molecule has 2 saturated carbocycles. The molecule has 0 unspecified atom stereocenters. The SMILES string of the molecule is O=[N+]([O-])C1([N+](=O)[O-])C[C@@H]2CC[C@H]1C2. The highest BCUT2D eigenvalue weighted by Gasteiger charge is 2.70. The van der Waals surface area contributed by atoms with Crippen molar-refractivity contribution in [2.24, 2.45) is 11.8 Å². The Hall–Kier alpha value is -1.20. The Balaban J connectivity index is 2.36. The summed E-state index contributed by atoms with van der Waals surface area (Å²) in [5.41, 5.74) is -1.84. The van der Waals surface area contributed by atoms with E-state index in [9.17, 15) is 20.2 Å². The number of hydrogen-bond acceptors (Lipinski definition) is 4. The third-order valence-corrected chi connectivity index (χ3v) is 3.42. The predicted octanol–water partition coefficient (Wildman–Crippen LogP) is 1.06. The highest BCUT2D eigenvalue weighted by atomic mass is 16.7. The van der Waals surface area contributed by atoms with Gasteiger partial charge in [-0.2, -0.15) is 0 Å². The number of hydrogen-bond donors (Lipinski definition) is 0. The Morgan fingerprint density at radius 2 is 1.77 bits per heavy atom. The van der Waals surface area contributed by atoms with E-state index in [1.54, 1.807) is 0 Å². The second-order valence-electron chi connectivity index (χ2n) is 3.97. The van der Waals surface area contributed by atoms with Gasteiger partial charge in [-0.25, -0.2) is 0 Å². The van der Waals surface area contributed by atoms with Crippen LogP contribution in [-0.4, -0.2) is 15.5 Å². The summed E-state index contributed by atoms with van der Waals surface area (Å²) in [7, 11) is 0. The molecule has 0 aromatic carbocycles. The first-order chi connectivity index (χ1) is 6.07. The summed E-state index contributed by atoms with van der Waals surface area (Å²) in [4.78, 5) is 20.1. The van der Waals surface area contributed by atoms with Crippen molar-refractivity contribution in [3.63, 3.8) is 0 Å². The fourth-order valence-corrected chi connectivity index (χ4v) is 2.79. The Morgan fingerprint density at radius 3 is 2.00 bits per heavy atom. The van der Waals surface area contributed by atoms with Crippen molar-refractivity contribution >= 4 is 0 Å². The molecular formula is C7H10N2O4. The zero-order chi connectivity index (χ0) is 9.64. The van der Waals surface area contributed by atoms with Crippen molar-refractivity contribution in [2.75, 3.05) is 0 Å². The molecule has 2 bridgehead atoms. The van der Waals surface area contributed by atoms with Crippen molar-refractivity contribution < 1.29 is 9.85 Å². The number of nitro groups is 2. The summed E-state index contributed by atoms with van der Waals surface area (Å²) in [6.07, 6.45) is 2.38. The monoisotopic (exact) mass is 186 g/mol. The minimum Gasteiger partial charge on any atom is -0.258 e. The number of fused-ring (bicyclic) bond motifs is 2. The molecule has 0 amide bonds. The zero-order valence-electron chi connectivity index (χ0n) is 7.01. The van der Waals surface area contributed by atoms with E-state index in [0.29, 0.717) is 12.8 Å². The smallest absolute Gasteiger partial charge is 0.258 e. The molecule has 0 radical (unpaired) electrons. The fraction of sp³-hybridized carbons (Fsp3) is 1.00. The van der Waals surface area contributed by atoms with E-state index in [0.717, 1.165) is 6.42 Å². The first kappa shape index (κ1) is 8.40. The van der Waals surface area contributed by atoms with Gasteiger partial charge in [-0.15, -0.1) is 0 Å². The van der Waals surface area contributed by atoms with Crippen LogP contribution in [0.4, 0.5) is 0 Å². The van der Waals surface area contributed by atoms with Crippen molar-refractivity contribution in [2.45, 2.75) is 31.3 Å². The van der Waals surface area contributed by atoms with Crippen LogP contribution in [0.15, 0.2) is 0 Å². The van der Waals surface area contributed by atoms with E-state index < -0.39 is 15.5 Å². The van der Waals surface area contributed by atoms with Gasteiger partial charge < -0.3 is 0 Å². The molecule has 72 valence electrons. The highest BCUT2D eigenvalue weighted by Crippen LogP contribution is 2.52. The van der Waals surface area contributed by atoms with Gasteiger partial charge in [0.05, 0.1) is 16.3 Å². The van der Waals surface area contributed by atoms with Crippen molar-refractivity contribution in [1.82, 2.24) is 0 Å². The van der Waals surface area contributed by atoms with Crippen LogP contribution in [0.5, 0.6) is 0 Å². The topological polar surface area (TPSA) is 86.3 Å². The maximum atomic E-state index is 10.7. The van der Waals surface area contributed by atoms with Gasteiger partial charge in [-0.3, -0.25) is 20.2 Å². The molecule has 2 atom stereocenters. The van der Waals surface area contributed by atoms with E-state index in [-0.39, 0.29) is 18.3 Å². The Morgan fingerprint density at radius 1 is 1.15 bits per heavy atom. The van der Waals surface area contributed by atoms with Crippen molar-refractivity contribution in [3.8, 4) is 0 Å². The van der Waals surface area contributed by atoms with E-state index in [1.165, 1.54) is 0 Å². The molecule has 0 saturated heterocycles. The molecule has 6 heteroatoms. The van der Waals surface area contributed by atoms with Crippen LogP contribution < -0.4 is 0 Å². The second-order valence-corrected chi connectivity index (χ2v) is 3.97. The summed E-state index contributed by atoms with van der Waals surface area (Å²) in [6.45, 7) is 0. The van der Waals surface area contributed by atoms with Crippen LogP contribution in [-0.2, 0) is 0 Å². The molecule has 13 heavy (non-hydrogen) atoms. The Labute approximate surface area is 74.2 Å². The van der Waals surface area contributed by atoms with Gasteiger partial charge in [0, 0.05) is 0 Å². The molecule has 2 fully saturated rings. The molecule has 6 nitrogen and oxygen atoms in total. The lowest BCUT2D eigenvalue weighted by Gasteiger charge is -2.20. The molecule has 0 N–H and O–H groups in total. The number of nitrogens with zero attached hydrogens (tertiary/aromatic N) is 2. The maximum Gasteiger partial charge on any atom is 0.461 e. The lowest BCUT2D eigenvalue weighted by atomic mass is 9.90. The summed E-state index contributed by atoms with van der Waals surface area (Å²) in [5, 5.41) is 21.4. The molecule has 2 rings (SSSR count). The van der Waals surface area contributed by atoms with Crippen molar-refractivity contribution in [1.29, 1.82) is 0 Å². The first-order valence-electron chi connectivity index (χ1n) is 4.36. The summed E-state index contributed by atoms with van der Waals surface area (Å²) in [5.74, 6) is -0.122.